The number of phosphoric acid groups is 2. The molecule has 0 radical (unpaired) electrons. The van der Waals surface area contributed by atoms with Crippen LogP contribution in [-0.4, -0.2) is 96.7 Å². The van der Waals surface area contributed by atoms with Gasteiger partial charge in [-0.3, -0.25) is 37.3 Å². The normalized spacial score (nSPS) is 13.9. The topological polar surface area (TPSA) is 237 Å². The van der Waals surface area contributed by atoms with Gasteiger partial charge in [-0.05, 0) is 37.5 Å². The van der Waals surface area contributed by atoms with Crippen molar-refractivity contribution in [3.8, 4) is 0 Å². The smallest absolute Gasteiger partial charge is 0.462 e. The summed E-state index contributed by atoms with van der Waals surface area (Å²) < 4.78 is 68.8. The zero-order valence-corrected chi connectivity index (χ0v) is 68.7. The Kier molecular flexibility index (Phi) is 73.1. The van der Waals surface area contributed by atoms with E-state index in [1.165, 1.54) is 250 Å². The van der Waals surface area contributed by atoms with Gasteiger partial charge in [0.25, 0.3) is 0 Å². The van der Waals surface area contributed by atoms with Crippen LogP contribution in [0.2, 0.25) is 0 Å². The van der Waals surface area contributed by atoms with Gasteiger partial charge in [-0.2, -0.15) is 0 Å². The first-order chi connectivity index (χ1) is 49.4. The Morgan fingerprint density at radius 3 is 0.667 bits per heavy atom. The lowest BCUT2D eigenvalue weighted by molar-refractivity contribution is -0.161. The highest BCUT2D eigenvalue weighted by Gasteiger charge is 2.30. The van der Waals surface area contributed by atoms with E-state index in [0.717, 1.165) is 102 Å². The first-order valence-electron chi connectivity index (χ1n) is 43.0. The Morgan fingerprint density at radius 1 is 0.265 bits per heavy atom. The Balaban J connectivity index is 5.22. The van der Waals surface area contributed by atoms with Crippen molar-refractivity contribution in [2.75, 3.05) is 39.6 Å². The van der Waals surface area contributed by atoms with Crippen LogP contribution in [0.15, 0.2) is 0 Å². The van der Waals surface area contributed by atoms with Crippen molar-refractivity contribution in [1.29, 1.82) is 0 Å². The van der Waals surface area contributed by atoms with E-state index < -0.39 is 97.5 Å². The van der Waals surface area contributed by atoms with Crippen LogP contribution < -0.4 is 0 Å². The summed E-state index contributed by atoms with van der Waals surface area (Å²) in [4.78, 5) is 73.1. The molecule has 0 saturated heterocycles. The van der Waals surface area contributed by atoms with Crippen molar-refractivity contribution in [3.63, 3.8) is 0 Å². The van der Waals surface area contributed by atoms with Crippen LogP contribution in [0.3, 0.4) is 0 Å². The predicted octanol–water partition coefficient (Wildman–Crippen LogP) is 25.1. The lowest BCUT2D eigenvalue weighted by Gasteiger charge is -2.21. The van der Waals surface area contributed by atoms with Gasteiger partial charge in [-0.1, -0.05) is 388 Å². The average molecular weight is 1490 g/mol. The Hall–Kier alpha value is -1.94. The number of aliphatic hydroxyl groups excluding tert-OH is 1. The van der Waals surface area contributed by atoms with E-state index in [2.05, 4.69) is 41.5 Å². The number of unbranched alkanes of at least 4 members (excludes halogenated alkanes) is 52. The molecule has 606 valence electrons. The first kappa shape index (κ1) is 100. The third kappa shape index (κ3) is 76.3. The number of hydrogen-bond acceptors (Lipinski definition) is 15. The number of esters is 4. The van der Waals surface area contributed by atoms with Crippen molar-refractivity contribution in [2.24, 2.45) is 11.8 Å². The van der Waals surface area contributed by atoms with Crippen molar-refractivity contribution in [2.45, 2.75) is 458 Å². The summed E-state index contributed by atoms with van der Waals surface area (Å²) in [5, 5.41) is 10.7. The minimum Gasteiger partial charge on any atom is -0.462 e. The molecule has 0 aromatic heterocycles. The van der Waals surface area contributed by atoms with Gasteiger partial charge in [0, 0.05) is 25.7 Å². The fourth-order valence-corrected chi connectivity index (χ4v) is 14.5. The number of hydrogen-bond donors (Lipinski definition) is 3. The van der Waals surface area contributed by atoms with Gasteiger partial charge in [0.05, 0.1) is 26.4 Å². The van der Waals surface area contributed by atoms with Crippen LogP contribution in [0.1, 0.15) is 440 Å². The molecule has 3 N–H and O–H groups in total. The highest BCUT2D eigenvalue weighted by Crippen LogP contribution is 2.45. The van der Waals surface area contributed by atoms with Gasteiger partial charge >= 0.3 is 39.5 Å². The number of phosphoric ester groups is 2. The molecule has 0 fully saturated rings. The second-order valence-electron chi connectivity index (χ2n) is 30.8. The second kappa shape index (κ2) is 74.5. The molecule has 17 nitrogen and oxygen atoms in total. The minimum atomic E-state index is -4.96. The van der Waals surface area contributed by atoms with Crippen LogP contribution in [0.25, 0.3) is 0 Å². The standard InChI is InChI=1S/C83H162O17P2/c1-7-9-11-13-15-17-19-21-23-24-25-26-27-28-29-35-39-43-49-56-62-68-82(87)99-78(71-93-80(85)65-59-53-47-41-37-34-31-30-32-36-40-45-51-57-63-75(3)4)73-97-101(89,90)95-69-77(84)70-96-102(91,92)98-74-79(72-94-81(86)66-60-54-50-44-46-52-58-64-76(5)6)100-83(88)67-61-55-48-42-38-33-22-20-18-16-14-12-10-8-2/h75-79,84H,7-74H2,1-6H3,(H,89,90)(H,91,92)/t77-,78-,79-/m1/s1. The molecule has 0 spiro atoms. The lowest BCUT2D eigenvalue weighted by Crippen LogP contribution is -2.30. The van der Waals surface area contributed by atoms with E-state index in [9.17, 15) is 43.2 Å². The summed E-state index contributed by atoms with van der Waals surface area (Å²) in [6, 6.07) is 0. The van der Waals surface area contributed by atoms with Gasteiger partial charge < -0.3 is 33.8 Å². The molecule has 0 saturated carbocycles. The molecule has 0 aliphatic heterocycles. The van der Waals surface area contributed by atoms with Crippen LogP contribution in [0.4, 0.5) is 0 Å². The Morgan fingerprint density at radius 2 is 0.451 bits per heavy atom. The molecule has 0 aromatic rings. The number of ether oxygens (including phenoxy) is 4. The molecule has 102 heavy (non-hydrogen) atoms. The third-order valence-electron chi connectivity index (χ3n) is 19.5. The maximum Gasteiger partial charge on any atom is 0.472 e. The van der Waals surface area contributed by atoms with E-state index in [1.54, 1.807) is 0 Å². The van der Waals surface area contributed by atoms with Gasteiger partial charge in [0.1, 0.15) is 19.3 Å². The van der Waals surface area contributed by atoms with Crippen LogP contribution >= 0.6 is 15.6 Å². The van der Waals surface area contributed by atoms with Gasteiger partial charge in [-0.15, -0.1) is 0 Å². The molecule has 0 rings (SSSR count). The van der Waals surface area contributed by atoms with E-state index >= 15 is 0 Å². The minimum absolute atomic E-state index is 0.107. The molecule has 0 heterocycles. The summed E-state index contributed by atoms with van der Waals surface area (Å²) in [7, 11) is -9.92. The Bertz CT molecular complexity index is 1960. The molecule has 2 unspecified atom stereocenters. The fourth-order valence-electron chi connectivity index (χ4n) is 12.9. The number of carbonyl (C=O) groups excluding carboxylic acids is 4. The molecule has 0 amide bonds. The monoisotopic (exact) mass is 1490 g/mol. The highest BCUT2D eigenvalue weighted by atomic mass is 31.2. The van der Waals surface area contributed by atoms with Crippen molar-refractivity contribution in [3.05, 3.63) is 0 Å². The number of aliphatic hydroxyl groups is 1. The van der Waals surface area contributed by atoms with E-state index in [-0.39, 0.29) is 25.7 Å². The molecule has 0 aliphatic rings. The summed E-state index contributed by atoms with van der Waals surface area (Å²) >= 11 is 0. The third-order valence-corrected chi connectivity index (χ3v) is 21.4. The second-order valence-corrected chi connectivity index (χ2v) is 33.7. The van der Waals surface area contributed by atoms with Crippen LogP contribution in [-0.2, 0) is 65.4 Å². The first-order valence-corrected chi connectivity index (χ1v) is 46.0. The summed E-state index contributed by atoms with van der Waals surface area (Å²) in [6.07, 6.45) is 65.4. The summed E-state index contributed by atoms with van der Waals surface area (Å²) in [6.45, 7) is 9.62. The highest BCUT2D eigenvalue weighted by molar-refractivity contribution is 7.47. The lowest BCUT2D eigenvalue weighted by atomic mass is 10.0. The van der Waals surface area contributed by atoms with Gasteiger partial charge in [0.2, 0.25) is 0 Å². The SMILES string of the molecule is CCCCCCCCCCCCCCCCCCCCCCCC(=O)O[C@H](COC(=O)CCCCCCCCCCCCCCCCC(C)C)COP(=O)(O)OC[C@@H](O)COP(=O)(O)OC[C@@H](COC(=O)CCCCCCCCCC(C)C)OC(=O)CCCCCCCCCCCCCCCC. The fraction of sp³-hybridized carbons (Fsp3) is 0.952. The maximum absolute atomic E-state index is 13.1. The van der Waals surface area contributed by atoms with Crippen LogP contribution in [0, 0.1) is 11.8 Å². The molecule has 5 atom stereocenters. The van der Waals surface area contributed by atoms with Crippen molar-refractivity contribution in [1.82, 2.24) is 0 Å². The molecular weight excluding hydrogens is 1330 g/mol. The average Bonchev–Trinajstić information content (AvgIpc) is 0.939. The molecule has 0 bridgehead atoms. The number of rotatable bonds is 82. The van der Waals surface area contributed by atoms with Crippen molar-refractivity contribution < 1.29 is 80.2 Å². The molecule has 0 aliphatic carbocycles. The van der Waals surface area contributed by atoms with E-state index in [1.807, 2.05) is 0 Å². The number of carbonyl (C=O) groups is 4. The van der Waals surface area contributed by atoms with Crippen molar-refractivity contribution >= 4 is 39.5 Å². The molecule has 0 aromatic carbocycles. The largest absolute Gasteiger partial charge is 0.472 e. The zero-order valence-electron chi connectivity index (χ0n) is 66.9. The molecular formula is C83H162O17P2. The van der Waals surface area contributed by atoms with E-state index in [0.29, 0.717) is 31.6 Å². The molecule has 19 heteroatoms. The summed E-state index contributed by atoms with van der Waals surface area (Å²) in [5.41, 5.74) is 0. The van der Waals surface area contributed by atoms with Gasteiger partial charge in [-0.25, -0.2) is 9.13 Å². The Labute approximate surface area is 626 Å². The maximum atomic E-state index is 13.1. The van der Waals surface area contributed by atoms with Gasteiger partial charge in [0.15, 0.2) is 12.2 Å². The predicted molar refractivity (Wildman–Crippen MR) is 418 cm³/mol. The zero-order chi connectivity index (χ0) is 74.9. The summed E-state index contributed by atoms with van der Waals surface area (Å²) in [5.74, 6) is -0.602. The van der Waals surface area contributed by atoms with Crippen LogP contribution in [0.5, 0.6) is 0 Å². The quantitative estimate of drug-likeness (QED) is 0.0222. The van der Waals surface area contributed by atoms with E-state index in [4.69, 9.17) is 37.0 Å².